The lowest BCUT2D eigenvalue weighted by molar-refractivity contribution is 0.0953. The molecule has 0 spiro atoms. The molecule has 0 radical (unpaired) electrons. The molecule has 8 heteroatoms. The summed E-state index contributed by atoms with van der Waals surface area (Å²) in [6, 6.07) is 14.4. The van der Waals surface area contributed by atoms with Gasteiger partial charge in [-0.2, -0.15) is 0 Å². The van der Waals surface area contributed by atoms with Gasteiger partial charge >= 0.3 is 0 Å². The van der Waals surface area contributed by atoms with Crippen LogP contribution >= 0.6 is 35.2 Å². The SMILES string of the molecule is CCNC(=O)c1ccc(NC(=S)NC(=O)c2sc3ccccc3c2Cl)cc1. The fraction of sp³-hybridized carbons (Fsp3) is 0.105. The summed E-state index contributed by atoms with van der Waals surface area (Å²) in [6.07, 6.45) is 0. The second-order valence-electron chi connectivity index (χ2n) is 5.59. The zero-order chi connectivity index (χ0) is 19.4. The van der Waals surface area contributed by atoms with E-state index in [4.69, 9.17) is 23.8 Å². The van der Waals surface area contributed by atoms with E-state index in [9.17, 15) is 9.59 Å². The predicted octanol–water partition coefficient (Wildman–Crippen LogP) is 4.43. The number of rotatable bonds is 4. The molecule has 3 rings (SSSR count). The topological polar surface area (TPSA) is 70.2 Å². The van der Waals surface area contributed by atoms with Crippen LogP contribution in [0, 0.1) is 0 Å². The van der Waals surface area contributed by atoms with Gasteiger partial charge in [-0.25, -0.2) is 0 Å². The van der Waals surface area contributed by atoms with Crippen LogP contribution in [0.25, 0.3) is 10.1 Å². The highest BCUT2D eigenvalue weighted by Gasteiger charge is 2.17. The Kier molecular flexibility index (Phi) is 6.05. The van der Waals surface area contributed by atoms with Crippen LogP contribution in [-0.4, -0.2) is 23.5 Å². The number of halogens is 1. The third-order valence-electron chi connectivity index (χ3n) is 3.71. The number of thiophene rings is 1. The summed E-state index contributed by atoms with van der Waals surface area (Å²) in [7, 11) is 0. The maximum Gasteiger partial charge on any atom is 0.269 e. The van der Waals surface area contributed by atoms with E-state index in [0.29, 0.717) is 27.7 Å². The van der Waals surface area contributed by atoms with Crippen molar-refractivity contribution in [2.24, 2.45) is 0 Å². The molecule has 0 unspecified atom stereocenters. The summed E-state index contributed by atoms with van der Waals surface area (Å²) >= 11 is 12.8. The quantitative estimate of drug-likeness (QED) is 0.549. The Balaban J connectivity index is 1.65. The standard InChI is InChI=1S/C19H16ClN3O2S2/c1-2-21-17(24)11-7-9-12(10-8-11)22-19(26)23-18(25)16-15(20)13-5-3-4-6-14(13)27-16/h3-10H,2H2,1H3,(H,21,24)(H2,22,23,25,26). The number of hydrogen-bond acceptors (Lipinski definition) is 4. The first kappa shape index (κ1) is 19.3. The normalized spacial score (nSPS) is 10.4. The van der Waals surface area contributed by atoms with Gasteiger partial charge in [-0.15, -0.1) is 11.3 Å². The molecule has 0 aliphatic heterocycles. The Labute approximate surface area is 170 Å². The van der Waals surface area contributed by atoms with E-state index in [1.807, 2.05) is 31.2 Å². The first-order valence-electron chi connectivity index (χ1n) is 8.17. The molecule has 2 aromatic carbocycles. The monoisotopic (exact) mass is 417 g/mol. The molecule has 0 aliphatic carbocycles. The van der Waals surface area contributed by atoms with Crippen molar-refractivity contribution in [1.29, 1.82) is 0 Å². The molecule has 0 saturated heterocycles. The molecule has 0 saturated carbocycles. The van der Waals surface area contributed by atoms with Crippen molar-refractivity contribution in [1.82, 2.24) is 10.6 Å². The second-order valence-corrected chi connectivity index (χ2v) is 7.42. The van der Waals surface area contributed by atoms with E-state index in [2.05, 4.69) is 16.0 Å². The Morgan fingerprint density at radius 1 is 1.07 bits per heavy atom. The fourth-order valence-electron chi connectivity index (χ4n) is 2.45. The minimum Gasteiger partial charge on any atom is -0.352 e. The molecule has 0 fully saturated rings. The number of carbonyl (C=O) groups is 2. The van der Waals surface area contributed by atoms with Crippen LogP contribution in [0.2, 0.25) is 5.02 Å². The number of hydrogen-bond donors (Lipinski definition) is 3. The number of anilines is 1. The Bertz CT molecular complexity index is 1020. The largest absolute Gasteiger partial charge is 0.352 e. The summed E-state index contributed by atoms with van der Waals surface area (Å²) < 4.78 is 0.937. The highest BCUT2D eigenvalue weighted by molar-refractivity contribution is 7.80. The average Bonchev–Trinajstić information content (AvgIpc) is 2.99. The molecule has 0 bridgehead atoms. The predicted molar refractivity (Wildman–Crippen MR) is 115 cm³/mol. The van der Waals surface area contributed by atoms with Gasteiger partial charge in [0.25, 0.3) is 11.8 Å². The highest BCUT2D eigenvalue weighted by Crippen LogP contribution is 2.34. The molecule has 0 aliphatic rings. The number of carbonyl (C=O) groups excluding carboxylic acids is 2. The van der Waals surface area contributed by atoms with Gasteiger partial charge in [0.15, 0.2) is 5.11 Å². The van der Waals surface area contributed by atoms with E-state index in [1.54, 1.807) is 24.3 Å². The van der Waals surface area contributed by atoms with E-state index >= 15 is 0 Å². The summed E-state index contributed by atoms with van der Waals surface area (Å²) in [4.78, 5) is 24.7. The first-order chi connectivity index (χ1) is 13.0. The first-order valence-corrected chi connectivity index (χ1v) is 9.77. The molecular formula is C19H16ClN3O2S2. The molecule has 3 aromatic rings. The van der Waals surface area contributed by atoms with Crippen LogP contribution in [0.3, 0.4) is 0 Å². The fourth-order valence-corrected chi connectivity index (χ4v) is 4.07. The van der Waals surface area contributed by atoms with Crippen molar-refractivity contribution < 1.29 is 9.59 Å². The molecule has 2 amide bonds. The van der Waals surface area contributed by atoms with Crippen molar-refractivity contribution in [2.75, 3.05) is 11.9 Å². The molecule has 138 valence electrons. The number of benzene rings is 2. The maximum atomic E-state index is 12.5. The smallest absolute Gasteiger partial charge is 0.269 e. The zero-order valence-electron chi connectivity index (χ0n) is 14.3. The lowest BCUT2D eigenvalue weighted by atomic mass is 10.2. The van der Waals surface area contributed by atoms with Gasteiger partial charge in [-0.3, -0.25) is 14.9 Å². The van der Waals surface area contributed by atoms with Crippen LogP contribution in [0.4, 0.5) is 5.69 Å². The minimum atomic E-state index is -0.363. The van der Waals surface area contributed by atoms with Gasteiger partial charge in [0.2, 0.25) is 0 Å². The van der Waals surface area contributed by atoms with Crippen LogP contribution in [0.15, 0.2) is 48.5 Å². The molecule has 1 heterocycles. The summed E-state index contributed by atoms with van der Waals surface area (Å²) in [5.74, 6) is -0.503. The van der Waals surface area contributed by atoms with Gasteiger partial charge < -0.3 is 10.6 Å². The molecule has 1 aromatic heterocycles. The molecular weight excluding hydrogens is 402 g/mol. The van der Waals surface area contributed by atoms with E-state index in [1.165, 1.54) is 11.3 Å². The summed E-state index contributed by atoms with van der Waals surface area (Å²) in [5.41, 5.74) is 1.21. The molecule has 27 heavy (non-hydrogen) atoms. The van der Waals surface area contributed by atoms with Gasteiger partial charge in [0.05, 0.1) is 5.02 Å². The number of amides is 2. The summed E-state index contributed by atoms with van der Waals surface area (Å²) in [6.45, 7) is 2.42. The Hall–Kier alpha value is -2.48. The van der Waals surface area contributed by atoms with Crippen LogP contribution in [0.1, 0.15) is 27.0 Å². The Morgan fingerprint density at radius 2 is 1.78 bits per heavy atom. The summed E-state index contributed by atoms with van der Waals surface area (Å²) in [5, 5.41) is 9.70. The van der Waals surface area contributed by atoms with Crippen molar-refractivity contribution in [3.8, 4) is 0 Å². The van der Waals surface area contributed by atoms with Crippen LogP contribution < -0.4 is 16.0 Å². The van der Waals surface area contributed by atoms with E-state index < -0.39 is 0 Å². The molecule has 0 atom stereocenters. The number of fused-ring (bicyclic) bond motifs is 1. The van der Waals surface area contributed by atoms with Gasteiger partial charge in [0, 0.05) is 27.9 Å². The second kappa shape index (κ2) is 8.47. The van der Waals surface area contributed by atoms with Crippen LogP contribution in [-0.2, 0) is 0 Å². The number of nitrogens with one attached hydrogen (secondary N) is 3. The lowest BCUT2D eigenvalue weighted by Gasteiger charge is -2.10. The lowest BCUT2D eigenvalue weighted by Crippen LogP contribution is -2.33. The average molecular weight is 418 g/mol. The third-order valence-corrected chi connectivity index (χ3v) is 5.59. The maximum absolute atomic E-state index is 12.5. The number of thiocarbonyl (C=S) groups is 1. The zero-order valence-corrected chi connectivity index (χ0v) is 16.7. The van der Waals surface area contributed by atoms with Crippen molar-refractivity contribution >= 4 is 67.9 Å². The minimum absolute atomic E-state index is 0.140. The van der Waals surface area contributed by atoms with Crippen molar-refractivity contribution in [2.45, 2.75) is 6.92 Å². The Morgan fingerprint density at radius 3 is 2.44 bits per heavy atom. The van der Waals surface area contributed by atoms with Gasteiger partial charge in [-0.05, 0) is 49.5 Å². The van der Waals surface area contributed by atoms with Crippen molar-refractivity contribution in [3.05, 3.63) is 64.0 Å². The molecule has 3 N–H and O–H groups in total. The van der Waals surface area contributed by atoms with Crippen molar-refractivity contribution in [3.63, 3.8) is 0 Å². The third kappa shape index (κ3) is 4.44. The van der Waals surface area contributed by atoms with E-state index in [-0.39, 0.29) is 16.9 Å². The van der Waals surface area contributed by atoms with Crippen LogP contribution in [0.5, 0.6) is 0 Å². The molecule has 5 nitrogen and oxygen atoms in total. The van der Waals surface area contributed by atoms with Gasteiger partial charge in [0.1, 0.15) is 4.88 Å². The van der Waals surface area contributed by atoms with Gasteiger partial charge in [-0.1, -0.05) is 29.8 Å². The highest BCUT2D eigenvalue weighted by atomic mass is 35.5. The van der Waals surface area contributed by atoms with E-state index in [0.717, 1.165) is 10.1 Å².